The monoisotopic (exact) mass is 570 g/mol. The zero-order chi connectivity index (χ0) is 24.9. The molecule has 2 amide bonds. The second kappa shape index (κ2) is 9.33. The minimum Gasteiger partial charge on any atom is -0.365 e. The molecule has 0 radical (unpaired) electrons. The van der Waals surface area contributed by atoms with Gasteiger partial charge in [0.1, 0.15) is 15.9 Å². The number of carbonyl (C=O) groups excluding carboxylic acids is 2. The van der Waals surface area contributed by atoms with Gasteiger partial charge in [-0.2, -0.15) is 0 Å². The van der Waals surface area contributed by atoms with Crippen LogP contribution in [0.3, 0.4) is 0 Å². The van der Waals surface area contributed by atoms with Crippen molar-refractivity contribution in [2.24, 2.45) is 5.73 Å². The Balaban J connectivity index is 1.52. The van der Waals surface area contributed by atoms with Gasteiger partial charge >= 0.3 is 0 Å². The first-order chi connectivity index (χ1) is 16.8. The van der Waals surface area contributed by atoms with E-state index in [1.807, 2.05) is 31.2 Å². The molecular weight excluding hydrogens is 548 g/mol. The predicted octanol–water partition coefficient (Wildman–Crippen LogP) is 5.43. The summed E-state index contributed by atoms with van der Waals surface area (Å²) < 4.78 is 2.30. The number of aryl methyl sites for hydroxylation is 2. The van der Waals surface area contributed by atoms with E-state index in [1.54, 1.807) is 6.92 Å². The number of primary amides is 1. The Kier molecular flexibility index (Phi) is 6.37. The Bertz CT molecular complexity index is 1540. The summed E-state index contributed by atoms with van der Waals surface area (Å²) in [6.07, 6.45) is 5.13. The van der Waals surface area contributed by atoms with Gasteiger partial charge in [0, 0.05) is 19.8 Å². The number of anilines is 1. The van der Waals surface area contributed by atoms with Crippen molar-refractivity contribution in [3.05, 3.63) is 66.3 Å². The maximum atomic E-state index is 13.6. The van der Waals surface area contributed by atoms with Crippen LogP contribution in [0.4, 0.5) is 5.00 Å². The number of carbonyl (C=O) groups is 2. The number of benzene rings is 1. The molecule has 0 bridgehead atoms. The van der Waals surface area contributed by atoms with E-state index < -0.39 is 17.9 Å². The number of rotatable bonds is 5. The summed E-state index contributed by atoms with van der Waals surface area (Å²) in [5.74, 6) is -0.938. The highest BCUT2D eigenvalue weighted by atomic mass is 79.9. The van der Waals surface area contributed by atoms with Crippen LogP contribution in [-0.4, -0.2) is 21.4 Å². The van der Waals surface area contributed by atoms with E-state index in [0.717, 1.165) is 56.6 Å². The van der Waals surface area contributed by atoms with E-state index in [1.165, 1.54) is 33.6 Å². The first-order valence-electron chi connectivity index (χ1n) is 11.3. The fourth-order valence-electron chi connectivity index (χ4n) is 4.61. The van der Waals surface area contributed by atoms with Crippen LogP contribution in [-0.2, 0) is 17.6 Å². The van der Waals surface area contributed by atoms with Crippen molar-refractivity contribution in [1.29, 1.82) is 0 Å². The molecule has 3 N–H and O–H groups in total. The van der Waals surface area contributed by atoms with Gasteiger partial charge in [-0.1, -0.05) is 28.1 Å². The third-order valence-electron chi connectivity index (χ3n) is 6.40. The number of hydrogen-bond acceptors (Lipinski definition) is 6. The lowest BCUT2D eigenvalue weighted by molar-refractivity contribution is -0.118. The zero-order valence-electron chi connectivity index (χ0n) is 19.2. The molecular formula is C25H23BrN4O3S2. The molecule has 35 heavy (non-hydrogen) atoms. The minimum atomic E-state index is -0.836. The molecule has 5 rings (SSSR count). The summed E-state index contributed by atoms with van der Waals surface area (Å²) in [7, 11) is 0. The number of fused-ring (bicyclic) bond motifs is 2. The summed E-state index contributed by atoms with van der Waals surface area (Å²) in [6, 6.07) is 6.93. The predicted molar refractivity (Wildman–Crippen MR) is 145 cm³/mol. The van der Waals surface area contributed by atoms with Crippen LogP contribution in [0.2, 0.25) is 0 Å². The molecule has 7 nitrogen and oxygen atoms in total. The lowest BCUT2D eigenvalue weighted by Crippen LogP contribution is -2.32. The van der Waals surface area contributed by atoms with Gasteiger partial charge < -0.3 is 11.1 Å². The highest BCUT2D eigenvalue weighted by Gasteiger charge is 2.27. The highest BCUT2D eigenvalue weighted by molar-refractivity contribution is 9.10. The van der Waals surface area contributed by atoms with Crippen molar-refractivity contribution in [1.82, 2.24) is 9.55 Å². The molecule has 0 aliphatic heterocycles. The third-order valence-corrected chi connectivity index (χ3v) is 9.15. The van der Waals surface area contributed by atoms with Gasteiger partial charge in [0.2, 0.25) is 5.91 Å². The Labute approximate surface area is 218 Å². The smallest absolute Gasteiger partial charge is 0.263 e. The van der Waals surface area contributed by atoms with E-state index in [4.69, 9.17) is 5.73 Å². The Hall–Kier alpha value is -2.82. The minimum absolute atomic E-state index is 0.277. The lowest BCUT2D eigenvalue weighted by Gasteiger charge is -2.15. The van der Waals surface area contributed by atoms with Gasteiger partial charge in [0.15, 0.2) is 0 Å². The summed E-state index contributed by atoms with van der Waals surface area (Å²) >= 11 is 6.31. The van der Waals surface area contributed by atoms with Crippen molar-refractivity contribution in [2.45, 2.75) is 45.6 Å². The van der Waals surface area contributed by atoms with Crippen LogP contribution in [0.1, 0.15) is 51.5 Å². The van der Waals surface area contributed by atoms with Crippen LogP contribution in [0.15, 0.2) is 39.9 Å². The molecule has 0 saturated carbocycles. The van der Waals surface area contributed by atoms with Crippen LogP contribution < -0.4 is 16.6 Å². The average molecular weight is 572 g/mol. The SMILES string of the molecule is Cc1sc2ncn(C(C)C(=O)Nc3sc4c(c3C(N)=O)CCCC4)c(=O)c2c1-c1ccc(Br)cc1. The van der Waals surface area contributed by atoms with Gasteiger partial charge in [0.05, 0.1) is 17.3 Å². The van der Waals surface area contributed by atoms with Gasteiger partial charge in [-0.3, -0.25) is 19.0 Å². The number of amides is 2. The normalized spacial score (nSPS) is 14.0. The van der Waals surface area contributed by atoms with Crippen LogP contribution in [0, 0.1) is 6.92 Å². The molecule has 1 aliphatic rings. The number of nitrogens with zero attached hydrogens (tertiary/aromatic N) is 2. The fourth-order valence-corrected chi connectivity index (χ4v) is 7.18. The summed E-state index contributed by atoms with van der Waals surface area (Å²) in [4.78, 5) is 46.2. The second-order valence-electron chi connectivity index (χ2n) is 8.62. The topological polar surface area (TPSA) is 107 Å². The molecule has 0 spiro atoms. The van der Waals surface area contributed by atoms with Gasteiger partial charge in [-0.25, -0.2) is 4.98 Å². The molecule has 3 heterocycles. The van der Waals surface area contributed by atoms with Crippen LogP contribution in [0.5, 0.6) is 0 Å². The quantitative estimate of drug-likeness (QED) is 0.333. The van der Waals surface area contributed by atoms with E-state index in [0.29, 0.717) is 20.8 Å². The maximum absolute atomic E-state index is 13.6. The molecule has 3 aromatic heterocycles. The highest BCUT2D eigenvalue weighted by Crippen LogP contribution is 2.39. The van der Waals surface area contributed by atoms with Crippen molar-refractivity contribution >= 4 is 65.6 Å². The first kappa shape index (κ1) is 23.9. The molecule has 1 aromatic carbocycles. The van der Waals surface area contributed by atoms with Crippen molar-refractivity contribution in [2.75, 3.05) is 5.32 Å². The standard InChI is InChI=1S/C25H23BrN4O3S2/c1-12(22(32)29-24-19(21(27)31)16-5-3-4-6-17(16)35-24)30-11-28-23-20(25(30)33)18(13(2)34-23)14-7-9-15(26)10-8-14/h7-12H,3-6H2,1-2H3,(H2,27,31)(H,29,32). The first-order valence-corrected chi connectivity index (χ1v) is 13.7. The fraction of sp³-hybridized carbons (Fsp3) is 0.280. The van der Waals surface area contributed by atoms with E-state index in [9.17, 15) is 14.4 Å². The summed E-state index contributed by atoms with van der Waals surface area (Å²) in [6.45, 7) is 3.62. The lowest BCUT2D eigenvalue weighted by atomic mass is 9.95. The number of halogens is 1. The summed E-state index contributed by atoms with van der Waals surface area (Å²) in [5, 5.41) is 3.83. The van der Waals surface area contributed by atoms with Gasteiger partial charge in [-0.15, -0.1) is 22.7 Å². The zero-order valence-corrected chi connectivity index (χ0v) is 22.4. The molecule has 0 saturated heterocycles. The third kappa shape index (κ3) is 4.23. The molecule has 1 atom stereocenters. The molecule has 1 aliphatic carbocycles. The van der Waals surface area contributed by atoms with E-state index in [2.05, 4.69) is 26.2 Å². The average Bonchev–Trinajstić information content (AvgIpc) is 3.36. The van der Waals surface area contributed by atoms with E-state index in [-0.39, 0.29) is 5.56 Å². The van der Waals surface area contributed by atoms with Gasteiger partial charge in [-0.05, 0) is 62.8 Å². The van der Waals surface area contributed by atoms with Gasteiger partial charge in [0.25, 0.3) is 11.5 Å². The van der Waals surface area contributed by atoms with Crippen molar-refractivity contribution in [3.8, 4) is 11.1 Å². The molecule has 0 fully saturated rings. The number of thiophene rings is 2. The van der Waals surface area contributed by atoms with Crippen molar-refractivity contribution in [3.63, 3.8) is 0 Å². The number of aromatic nitrogens is 2. The molecule has 10 heteroatoms. The Morgan fingerprint density at radius 3 is 2.60 bits per heavy atom. The number of nitrogens with two attached hydrogens (primary N) is 1. The molecule has 4 aromatic rings. The number of nitrogens with one attached hydrogen (secondary N) is 1. The van der Waals surface area contributed by atoms with Crippen molar-refractivity contribution < 1.29 is 9.59 Å². The van der Waals surface area contributed by atoms with Crippen LogP contribution >= 0.6 is 38.6 Å². The Morgan fingerprint density at radius 2 is 1.89 bits per heavy atom. The maximum Gasteiger partial charge on any atom is 0.263 e. The summed E-state index contributed by atoms with van der Waals surface area (Å²) in [5.41, 5.74) is 8.49. The largest absolute Gasteiger partial charge is 0.365 e. The Morgan fingerprint density at radius 1 is 1.17 bits per heavy atom. The number of hydrogen-bond donors (Lipinski definition) is 2. The van der Waals surface area contributed by atoms with E-state index >= 15 is 0 Å². The molecule has 180 valence electrons. The second-order valence-corrected chi connectivity index (χ2v) is 11.8. The molecule has 1 unspecified atom stereocenters. The van der Waals surface area contributed by atoms with Crippen LogP contribution in [0.25, 0.3) is 21.3 Å².